The van der Waals surface area contributed by atoms with Crippen LogP contribution in [0.1, 0.15) is 16.7 Å². The highest BCUT2D eigenvalue weighted by atomic mass is 79.9. The Hall–Kier alpha value is -1.69. The minimum Gasteiger partial charge on any atom is -0.352 e. The fourth-order valence-electron chi connectivity index (χ4n) is 3.18. The molecule has 5 heteroatoms. The van der Waals surface area contributed by atoms with E-state index in [9.17, 15) is 4.79 Å². The highest BCUT2D eigenvalue weighted by molar-refractivity contribution is 9.10. The quantitative estimate of drug-likeness (QED) is 0.787. The van der Waals surface area contributed by atoms with Gasteiger partial charge in [-0.05, 0) is 35.9 Å². The van der Waals surface area contributed by atoms with Gasteiger partial charge in [-0.2, -0.15) is 0 Å². The standard InChI is InChI=1S/C21H26BrN3O/c1-24-10-12-25(13-11-24)16-19-5-3-2-4-18(19)15-23-21(26)14-17-6-8-20(22)9-7-17/h2-9H,10-16H2,1H3,(H,23,26). The number of carbonyl (C=O) groups is 1. The maximum atomic E-state index is 12.3. The number of hydrogen-bond donors (Lipinski definition) is 1. The van der Waals surface area contributed by atoms with E-state index in [-0.39, 0.29) is 5.91 Å². The van der Waals surface area contributed by atoms with Crippen LogP contribution in [0.15, 0.2) is 53.0 Å². The van der Waals surface area contributed by atoms with E-state index in [0.29, 0.717) is 13.0 Å². The zero-order valence-corrected chi connectivity index (χ0v) is 16.8. The van der Waals surface area contributed by atoms with Crippen molar-refractivity contribution in [2.45, 2.75) is 19.5 Å². The molecular formula is C21H26BrN3O. The second-order valence-corrected chi connectivity index (χ2v) is 7.84. The zero-order valence-electron chi connectivity index (χ0n) is 15.2. The van der Waals surface area contributed by atoms with Crippen LogP contribution in [0.5, 0.6) is 0 Å². The number of rotatable bonds is 6. The number of carbonyl (C=O) groups excluding carboxylic acids is 1. The molecule has 1 aliphatic rings. The summed E-state index contributed by atoms with van der Waals surface area (Å²) in [5.74, 6) is 0.0572. The van der Waals surface area contributed by atoms with Gasteiger partial charge < -0.3 is 10.2 Å². The van der Waals surface area contributed by atoms with Crippen molar-refractivity contribution in [3.8, 4) is 0 Å². The Morgan fingerprint density at radius 2 is 1.65 bits per heavy atom. The molecule has 0 spiro atoms. The fourth-order valence-corrected chi connectivity index (χ4v) is 3.44. The first-order valence-corrected chi connectivity index (χ1v) is 9.88. The van der Waals surface area contributed by atoms with E-state index in [2.05, 4.69) is 56.3 Å². The van der Waals surface area contributed by atoms with Crippen LogP contribution in [0, 0.1) is 0 Å². The summed E-state index contributed by atoms with van der Waals surface area (Å²) in [5, 5.41) is 3.07. The Kier molecular flexibility index (Phi) is 6.83. The van der Waals surface area contributed by atoms with Crippen molar-refractivity contribution in [3.05, 3.63) is 69.7 Å². The topological polar surface area (TPSA) is 35.6 Å². The highest BCUT2D eigenvalue weighted by Gasteiger charge is 2.15. The van der Waals surface area contributed by atoms with Gasteiger partial charge in [-0.25, -0.2) is 0 Å². The number of nitrogens with one attached hydrogen (secondary N) is 1. The average molecular weight is 416 g/mol. The van der Waals surface area contributed by atoms with Crippen molar-refractivity contribution in [1.82, 2.24) is 15.1 Å². The molecule has 0 bridgehead atoms. The van der Waals surface area contributed by atoms with Crippen molar-refractivity contribution in [3.63, 3.8) is 0 Å². The van der Waals surface area contributed by atoms with Gasteiger partial charge in [0.15, 0.2) is 0 Å². The molecule has 0 atom stereocenters. The number of nitrogens with zero attached hydrogens (tertiary/aromatic N) is 2. The number of hydrogen-bond acceptors (Lipinski definition) is 3. The molecule has 1 heterocycles. The lowest BCUT2D eigenvalue weighted by Gasteiger charge is -2.32. The first-order chi connectivity index (χ1) is 12.6. The normalized spacial score (nSPS) is 15.8. The summed E-state index contributed by atoms with van der Waals surface area (Å²) in [6.45, 7) is 5.96. The Bertz CT molecular complexity index is 724. The Balaban J connectivity index is 1.54. The van der Waals surface area contributed by atoms with E-state index in [1.165, 1.54) is 11.1 Å². The summed E-state index contributed by atoms with van der Waals surface area (Å²) in [6.07, 6.45) is 0.411. The smallest absolute Gasteiger partial charge is 0.224 e. The first-order valence-electron chi connectivity index (χ1n) is 9.09. The summed E-state index contributed by atoms with van der Waals surface area (Å²) in [6, 6.07) is 16.3. The van der Waals surface area contributed by atoms with Gasteiger partial charge in [-0.1, -0.05) is 52.3 Å². The summed E-state index contributed by atoms with van der Waals surface area (Å²) in [4.78, 5) is 17.1. The molecular weight excluding hydrogens is 390 g/mol. The molecule has 3 rings (SSSR count). The Morgan fingerprint density at radius 1 is 1.00 bits per heavy atom. The predicted octanol–water partition coefficient (Wildman–Crippen LogP) is 3.06. The van der Waals surface area contributed by atoms with E-state index in [1.54, 1.807) is 0 Å². The molecule has 0 aromatic heterocycles. The number of benzene rings is 2. The molecule has 0 unspecified atom stereocenters. The molecule has 1 aliphatic heterocycles. The Morgan fingerprint density at radius 3 is 2.35 bits per heavy atom. The molecule has 138 valence electrons. The Labute approximate surface area is 164 Å². The van der Waals surface area contributed by atoms with E-state index < -0.39 is 0 Å². The predicted molar refractivity (Wildman–Crippen MR) is 109 cm³/mol. The van der Waals surface area contributed by atoms with Crippen LogP contribution in [0.3, 0.4) is 0 Å². The van der Waals surface area contributed by atoms with Gasteiger partial charge in [0.1, 0.15) is 0 Å². The van der Waals surface area contributed by atoms with Crippen LogP contribution in [0.2, 0.25) is 0 Å². The first kappa shape index (κ1) is 19.1. The van der Waals surface area contributed by atoms with Gasteiger partial charge in [0.25, 0.3) is 0 Å². The third-order valence-electron chi connectivity index (χ3n) is 4.86. The number of likely N-dealkylation sites (N-methyl/N-ethyl adjacent to an activating group) is 1. The van der Waals surface area contributed by atoms with Gasteiger partial charge in [0, 0.05) is 43.7 Å². The number of halogens is 1. The molecule has 2 aromatic rings. The third kappa shape index (κ3) is 5.66. The molecule has 0 radical (unpaired) electrons. The lowest BCUT2D eigenvalue weighted by molar-refractivity contribution is -0.120. The summed E-state index contributed by atoms with van der Waals surface area (Å²) in [7, 11) is 2.17. The van der Waals surface area contributed by atoms with Crippen molar-refractivity contribution < 1.29 is 4.79 Å². The molecule has 1 N–H and O–H groups in total. The minimum atomic E-state index is 0.0572. The largest absolute Gasteiger partial charge is 0.352 e. The second-order valence-electron chi connectivity index (χ2n) is 6.93. The van der Waals surface area contributed by atoms with Crippen molar-refractivity contribution >= 4 is 21.8 Å². The molecule has 1 saturated heterocycles. The summed E-state index contributed by atoms with van der Waals surface area (Å²) >= 11 is 3.42. The van der Waals surface area contributed by atoms with Crippen molar-refractivity contribution in [2.75, 3.05) is 33.2 Å². The monoisotopic (exact) mass is 415 g/mol. The highest BCUT2D eigenvalue weighted by Crippen LogP contribution is 2.14. The number of amides is 1. The molecule has 1 amide bonds. The SMILES string of the molecule is CN1CCN(Cc2ccccc2CNC(=O)Cc2ccc(Br)cc2)CC1. The van der Waals surface area contributed by atoms with Crippen LogP contribution in [0.25, 0.3) is 0 Å². The summed E-state index contributed by atoms with van der Waals surface area (Å²) in [5.41, 5.74) is 3.54. The van der Waals surface area contributed by atoms with Gasteiger partial charge in [-0.3, -0.25) is 9.69 Å². The van der Waals surface area contributed by atoms with Crippen molar-refractivity contribution in [1.29, 1.82) is 0 Å². The number of piperazine rings is 1. The molecule has 2 aromatic carbocycles. The van der Waals surface area contributed by atoms with Crippen LogP contribution < -0.4 is 5.32 Å². The van der Waals surface area contributed by atoms with Gasteiger partial charge in [0.2, 0.25) is 5.91 Å². The van der Waals surface area contributed by atoms with E-state index in [0.717, 1.165) is 42.8 Å². The van der Waals surface area contributed by atoms with Crippen LogP contribution in [0.4, 0.5) is 0 Å². The lowest BCUT2D eigenvalue weighted by atomic mass is 10.1. The van der Waals surface area contributed by atoms with E-state index in [1.807, 2.05) is 30.3 Å². The molecule has 4 nitrogen and oxygen atoms in total. The van der Waals surface area contributed by atoms with Crippen LogP contribution in [-0.2, 0) is 24.3 Å². The average Bonchev–Trinajstić information content (AvgIpc) is 2.65. The maximum absolute atomic E-state index is 12.3. The van der Waals surface area contributed by atoms with Gasteiger partial charge in [-0.15, -0.1) is 0 Å². The van der Waals surface area contributed by atoms with Gasteiger partial charge in [0.05, 0.1) is 6.42 Å². The maximum Gasteiger partial charge on any atom is 0.224 e. The second kappa shape index (κ2) is 9.31. The van der Waals surface area contributed by atoms with E-state index >= 15 is 0 Å². The molecule has 1 fully saturated rings. The van der Waals surface area contributed by atoms with Crippen LogP contribution in [-0.4, -0.2) is 48.9 Å². The molecule has 26 heavy (non-hydrogen) atoms. The van der Waals surface area contributed by atoms with E-state index in [4.69, 9.17) is 0 Å². The third-order valence-corrected chi connectivity index (χ3v) is 5.39. The molecule has 0 saturated carbocycles. The summed E-state index contributed by atoms with van der Waals surface area (Å²) < 4.78 is 1.03. The fraction of sp³-hybridized carbons (Fsp3) is 0.381. The van der Waals surface area contributed by atoms with Gasteiger partial charge >= 0.3 is 0 Å². The van der Waals surface area contributed by atoms with Crippen LogP contribution >= 0.6 is 15.9 Å². The molecule has 0 aliphatic carbocycles. The van der Waals surface area contributed by atoms with Crippen molar-refractivity contribution in [2.24, 2.45) is 0 Å². The lowest BCUT2D eigenvalue weighted by Crippen LogP contribution is -2.44. The minimum absolute atomic E-state index is 0.0572. The zero-order chi connectivity index (χ0) is 18.4.